The molecule has 1 aromatic heterocycles. The number of benzene rings is 1. The number of hydrogen-bond acceptors (Lipinski definition) is 4. The molecule has 1 fully saturated rings. The lowest BCUT2D eigenvalue weighted by Crippen LogP contribution is -2.33. The molecule has 0 unspecified atom stereocenters. The molecule has 1 amide bonds. The Balaban J connectivity index is 1.65. The molecular formula is C17H19NO3S2. The predicted molar refractivity (Wildman–Crippen MR) is 92.2 cm³/mol. The monoisotopic (exact) mass is 349 g/mol. The number of carbonyl (C=O) groups excluding carboxylic acids is 1. The second-order valence-electron chi connectivity index (χ2n) is 5.58. The minimum Gasteiger partial charge on any atom is -0.497 e. The van der Waals surface area contributed by atoms with Gasteiger partial charge in [-0.05, 0) is 47.9 Å². The highest BCUT2D eigenvalue weighted by Gasteiger charge is 2.33. The fourth-order valence-corrected chi connectivity index (χ4v) is 4.43. The molecule has 1 N–H and O–H groups in total. The fourth-order valence-electron chi connectivity index (χ4n) is 2.51. The van der Waals surface area contributed by atoms with Crippen LogP contribution in [0.1, 0.15) is 24.4 Å². The SMILES string of the molecule is COc1ccc([C@@H](NC(=O)C[S@@](=O)c2cccs2)C2CC2)cc1. The Morgan fingerprint density at radius 2 is 2.09 bits per heavy atom. The van der Waals surface area contributed by atoms with Crippen molar-refractivity contribution in [1.82, 2.24) is 5.32 Å². The van der Waals surface area contributed by atoms with E-state index in [2.05, 4.69) is 5.32 Å². The van der Waals surface area contributed by atoms with E-state index in [4.69, 9.17) is 4.74 Å². The van der Waals surface area contributed by atoms with E-state index in [1.165, 1.54) is 11.3 Å². The fraction of sp³-hybridized carbons (Fsp3) is 0.353. The van der Waals surface area contributed by atoms with Crippen molar-refractivity contribution >= 4 is 28.0 Å². The average molecular weight is 349 g/mol. The van der Waals surface area contributed by atoms with E-state index in [0.717, 1.165) is 28.4 Å². The van der Waals surface area contributed by atoms with Gasteiger partial charge in [0.2, 0.25) is 5.91 Å². The summed E-state index contributed by atoms with van der Waals surface area (Å²) in [4.78, 5) is 12.3. The summed E-state index contributed by atoms with van der Waals surface area (Å²) in [5, 5.41) is 4.93. The first-order valence-corrected chi connectivity index (χ1v) is 9.72. The molecule has 1 heterocycles. The lowest BCUT2D eigenvalue weighted by atomic mass is 10.0. The Bertz CT molecular complexity index is 678. The third-order valence-corrected chi connectivity index (χ3v) is 6.48. The molecule has 1 aromatic carbocycles. The van der Waals surface area contributed by atoms with Gasteiger partial charge in [-0.1, -0.05) is 18.2 Å². The van der Waals surface area contributed by atoms with E-state index < -0.39 is 10.8 Å². The lowest BCUT2D eigenvalue weighted by Gasteiger charge is -2.19. The van der Waals surface area contributed by atoms with Crippen LogP contribution in [-0.4, -0.2) is 23.0 Å². The van der Waals surface area contributed by atoms with Gasteiger partial charge in [-0.15, -0.1) is 11.3 Å². The van der Waals surface area contributed by atoms with Crippen LogP contribution in [0.5, 0.6) is 5.75 Å². The zero-order chi connectivity index (χ0) is 16.2. The summed E-state index contributed by atoms with van der Waals surface area (Å²) >= 11 is 1.42. The smallest absolute Gasteiger partial charge is 0.233 e. The summed E-state index contributed by atoms with van der Waals surface area (Å²) in [6.07, 6.45) is 2.23. The molecule has 1 saturated carbocycles. The van der Waals surface area contributed by atoms with E-state index in [1.54, 1.807) is 13.2 Å². The molecule has 0 radical (unpaired) electrons. The van der Waals surface area contributed by atoms with Crippen molar-refractivity contribution in [3.63, 3.8) is 0 Å². The first-order valence-electron chi connectivity index (χ1n) is 7.52. The standard InChI is InChI=1S/C17H19NO3S2/c1-21-14-8-6-13(7-9-14)17(12-4-5-12)18-15(19)11-23(20)16-3-2-10-22-16/h2-3,6-10,12,17H,4-5,11H2,1H3,(H,18,19)/t17-,23+/m0/s1. The van der Waals surface area contributed by atoms with Crippen LogP contribution in [0.3, 0.4) is 0 Å². The van der Waals surface area contributed by atoms with Crippen LogP contribution in [0.15, 0.2) is 46.0 Å². The number of carbonyl (C=O) groups is 1. The van der Waals surface area contributed by atoms with Crippen molar-refractivity contribution < 1.29 is 13.7 Å². The molecule has 0 bridgehead atoms. The molecule has 4 nitrogen and oxygen atoms in total. The normalized spacial score (nSPS) is 16.6. The molecule has 23 heavy (non-hydrogen) atoms. The first kappa shape index (κ1) is 16.2. The van der Waals surface area contributed by atoms with Crippen molar-refractivity contribution in [3.05, 3.63) is 47.3 Å². The quantitative estimate of drug-likeness (QED) is 0.835. The third-order valence-electron chi connectivity index (χ3n) is 3.87. The van der Waals surface area contributed by atoms with Gasteiger partial charge < -0.3 is 10.1 Å². The number of hydrogen-bond donors (Lipinski definition) is 1. The second-order valence-corrected chi connectivity index (χ2v) is 8.20. The van der Waals surface area contributed by atoms with E-state index in [9.17, 15) is 9.00 Å². The van der Waals surface area contributed by atoms with Gasteiger partial charge in [0.15, 0.2) is 0 Å². The number of thiophene rings is 1. The van der Waals surface area contributed by atoms with E-state index in [1.807, 2.05) is 35.7 Å². The molecule has 0 aliphatic heterocycles. The zero-order valence-corrected chi connectivity index (χ0v) is 14.5. The summed E-state index contributed by atoms with van der Waals surface area (Å²) < 4.78 is 18.1. The maximum Gasteiger partial charge on any atom is 0.233 e. The highest BCUT2D eigenvalue weighted by molar-refractivity contribution is 7.88. The molecule has 2 aromatic rings. The molecule has 6 heteroatoms. The number of ether oxygens (including phenoxy) is 1. The highest BCUT2D eigenvalue weighted by atomic mass is 32.2. The number of methoxy groups -OCH3 is 1. The first-order chi connectivity index (χ1) is 11.2. The zero-order valence-electron chi connectivity index (χ0n) is 12.9. The van der Waals surface area contributed by atoms with Gasteiger partial charge in [0.05, 0.1) is 28.2 Å². The lowest BCUT2D eigenvalue weighted by molar-refractivity contribution is -0.119. The molecule has 0 spiro atoms. The van der Waals surface area contributed by atoms with Crippen LogP contribution in [-0.2, 0) is 15.6 Å². The Labute approximate surface area is 142 Å². The van der Waals surface area contributed by atoms with Crippen molar-refractivity contribution in [2.45, 2.75) is 23.1 Å². The van der Waals surface area contributed by atoms with Crippen LogP contribution < -0.4 is 10.1 Å². The van der Waals surface area contributed by atoms with Gasteiger partial charge in [0.1, 0.15) is 11.5 Å². The van der Waals surface area contributed by atoms with Gasteiger partial charge in [-0.3, -0.25) is 9.00 Å². The van der Waals surface area contributed by atoms with Gasteiger partial charge in [-0.2, -0.15) is 0 Å². The van der Waals surface area contributed by atoms with Crippen LogP contribution in [0.4, 0.5) is 0 Å². The van der Waals surface area contributed by atoms with Crippen molar-refractivity contribution in [1.29, 1.82) is 0 Å². The van der Waals surface area contributed by atoms with Crippen LogP contribution >= 0.6 is 11.3 Å². The van der Waals surface area contributed by atoms with Crippen molar-refractivity contribution in [2.75, 3.05) is 12.9 Å². The van der Waals surface area contributed by atoms with Gasteiger partial charge in [0, 0.05) is 0 Å². The number of nitrogens with one attached hydrogen (secondary N) is 1. The molecule has 1 aliphatic rings. The van der Waals surface area contributed by atoms with Gasteiger partial charge in [-0.25, -0.2) is 0 Å². The maximum absolute atomic E-state index is 12.3. The van der Waals surface area contributed by atoms with Gasteiger partial charge in [0.25, 0.3) is 0 Å². The van der Waals surface area contributed by atoms with Crippen LogP contribution in [0, 0.1) is 5.92 Å². The highest BCUT2D eigenvalue weighted by Crippen LogP contribution is 2.41. The minimum absolute atomic E-state index is 0.00579. The van der Waals surface area contributed by atoms with Crippen LogP contribution in [0.25, 0.3) is 0 Å². The topological polar surface area (TPSA) is 55.4 Å². The van der Waals surface area contributed by atoms with Crippen LogP contribution in [0.2, 0.25) is 0 Å². The van der Waals surface area contributed by atoms with E-state index in [0.29, 0.717) is 5.92 Å². The number of rotatable bonds is 7. The molecule has 1 aliphatic carbocycles. The summed E-state index contributed by atoms with van der Waals surface area (Å²) in [7, 11) is 0.367. The largest absolute Gasteiger partial charge is 0.497 e. The predicted octanol–water partition coefficient (Wildman–Crippen LogP) is 3.13. The summed E-state index contributed by atoms with van der Waals surface area (Å²) in [5.74, 6) is 1.13. The van der Waals surface area contributed by atoms with Gasteiger partial charge >= 0.3 is 0 Å². The van der Waals surface area contributed by atoms with E-state index in [-0.39, 0.29) is 17.7 Å². The summed E-state index contributed by atoms with van der Waals surface area (Å²) in [6, 6.07) is 11.4. The average Bonchev–Trinajstić information content (AvgIpc) is 3.25. The summed E-state index contributed by atoms with van der Waals surface area (Å²) in [5.41, 5.74) is 1.07. The van der Waals surface area contributed by atoms with E-state index >= 15 is 0 Å². The maximum atomic E-state index is 12.3. The Hall–Kier alpha value is -1.66. The molecular weight excluding hydrogens is 330 g/mol. The second kappa shape index (κ2) is 7.27. The number of amides is 1. The Morgan fingerprint density at radius 1 is 1.35 bits per heavy atom. The molecule has 122 valence electrons. The summed E-state index contributed by atoms with van der Waals surface area (Å²) in [6.45, 7) is 0. The molecule has 2 atom stereocenters. The Kier molecular flexibility index (Phi) is 5.13. The Morgan fingerprint density at radius 3 is 2.65 bits per heavy atom. The van der Waals surface area contributed by atoms with Crippen molar-refractivity contribution in [3.8, 4) is 5.75 Å². The molecule has 0 saturated heterocycles. The minimum atomic E-state index is -1.27. The van der Waals surface area contributed by atoms with Crippen molar-refractivity contribution in [2.24, 2.45) is 5.92 Å². The molecule has 3 rings (SSSR count). The third kappa shape index (κ3) is 4.20.